The van der Waals surface area contributed by atoms with E-state index in [9.17, 15) is 13.5 Å². The van der Waals surface area contributed by atoms with Crippen LogP contribution in [0.4, 0.5) is 5.69 Å². The maximum atomic E-state index is 11.4. The van der Waals surface area contributed by atoms with Gasteiger partial charge in [-0.3, -0.25) is 9.71 Å². The first kappa shape index (κ1) is 17.0. The van der Waals surface area contributed by atoms with Crippen LogP contribution < -0.4 is 4.72 Å². The molecule has 0 aliphatic carbocycles. The maximum absolute atomic E-state index is 11.4. The summed E-state index contributed by atoms with van der Waals surface area (Å²) >= 11 is 5.93. The Hall–Kier alpha value is -2.89. The smallest absolute Gasteiger partial charge is 0.229 e. The Morgan fingerprint density at radius 1 is 1.20 bits per heavy atom. The first-order chi connectivity index (χ1) is 11.8. The normalized spacial score (nSPS) is 11.2. The summed E-state index contributed by atoms with van der Waals surface area (Å²) in [5, 5.41) is 19.6. The molecule has 0 aliphatic heterocycles. The van der Waals surface area contributed by atoms with Crippen LogP contribution in [0.25, 0.3) is 22.0 Å². The minimum atomic E-state index is -3.51. The molecule has 0 unspecified atom stereocenters. The molecule has 0 spiro atoms. The number of fused-ring (bicyclic) bond motifs is 1. The molecular formula is C16H11ClN4O3S. The lowest BCUT2D eigenvalue weighted by Gasteiger charge is -2.09. The molecule has 3 aromatic rings. The minimum Gasteiger partial charge on any atom is -0.506 e. The number of aromatic hydroxyl groups is 1. The Morgan fingerprint density at radius 3 is 2.64 bits per heavy atom. The summed E-state index contributed by atoms with van der Waals surface area (Å²) in [6, 6.07) is 8.48. The van der Waals surface area contributed by atoms with Crippen molar-refractivity contribution in [1.29, 1.82) is 5.26 Å². The molecule has 9 heteroatoms. The Balaban J connectivity index is 2.15. The van der Waals surface area contributed by atoms with E-state index in [2.05, 4.69) is 14.7 Å². The van der Waals surface area contributed by atoms with Crippen molar-refractivity contribution in [3.63, 3.8) is 0 Å². The number of benzene rings is 1. The highest BCUT2D eigenvalue weighted by molar-refractivity contribution is 7.92. The second-order valence-corrected chi connectivity index (χ2v) is 7.41. The first-order valence-corrected chi connectivity index (χ1v) is 9.21. The predicted octanol–water partition coefficient (Wildman–Crippen LogP) is 2.90. The molecule has 2 aromatic heterocycles. The Morgan fingerprint density at radius 2 is 1.96 bits per heavy atom. The van der Waals surface area contributed by atoms with Gasteiger partial charge in [0.05, 0.1) is 17.5 Å². The Bertz CT molecular complexity index is 1140. The van der Waals surface area contributed by atoms with Crippen LogP contribution in [0.15, 0.2) is 36.7 Å². The van der Waals surface area contributed by atoms with Crippen molar-refractivity contribution < 1.29 is 13.5 Å². The Labute approximate surface area is 148 Å². The largest absolute Gasteiger partial charge is 0.506 e. The minimum absolute atomic E-state index is 0.0197. The summed E-state index contributed by atoms with van der Waals surface area (Å²) in [7, 11) is -3.51. The van der Waals surface area contributed by atoms with Gasteiger partial charge in [-0.2, -0.15) is 5.26 Å². The molecule has 0 fully saturated rings. The third kappa shape index (κ3) is 3.47. The summed E-state index contributed by atoms with van der Waals surface area (Å²) in [6.07, 6.45) is 3.80. The second-order valence-electron chi connectivity index (χ2n) is 5.30. The fourth-order valence-corrected chi connectivity index (χ4v) is 3.08. The van der Waals surface area contributed by atoms with Crippen molar-refractivity contribution in [2.45, 2.75) is 0 Å². The van der Waals surface area contributed by atoms with Crippen molar-refractivity contribution >= 4 is 38.2 Å². The van der Waals surface area contributed by atoms with Gasteiger partial charge in [-0.15, -0.1) is 0 Å². The number of hydrogen-bond donors (Lipinski definition) is 2. The van der Waals surface area contributed by atoms with Crippen molar-refractivity contribution in [3.8, 4) is 22.9 Å². The number of nitrogens with zero attached hydrogens (tertiary/aromatic N) is 3. The number of halogens is 1. The number of nitriles is 1. The van der Waals surface area contributed by atoms with E-state index in [0.717, 1.165) is 6.26 Å². The monoisotopic (exact) mass is 374 g/mol. The lowest BCUT2D eigenvalue weighted by molar-refractivity contribution is 0.479. The van der Waals surface area contributed by atoms with Gasteiger partial charge in [0.15, 0.2) is 5.15 Å². The second kappa shape index (κ2) is 6.20. The molecule has 2 heterocycles. The number of nitrogens with one attached hydrogen (secondary N) is 1. The molecule has 126 valence electrons. The maximum Gasteiger partial charge on any atom is 0.229 e. The number of pyridine rings is 2. The topological polar surface area (TPSA) is 116 Å². The van der Waals surface area contributed by atoms with Gasteiger partial charge in [-0.1, -0.05) is 17.7 Å². The van der Waals surface area contributed by atoms with Crippen LogP contribution in [-0.4, -0.2) is 29.7 Å². The number of anilines is 1. The van der Waals surface area contributed by atoms with Crippen molar-refractivity contribution in [1.82, 2.24) is 9.97 Å². The number of rotatable bonds is 3. The molecule has 0 radical (unpaired) electrons. The predicted molar refractivity (Wildman–Crippen MR) is 94.8 cm³/mol. The lowest BCUT2D eigenvalue weighted by atomic mass is 10.0. The average Bonchev–Trinajstić information content (AvgIpc) is 2.56. The molecule has 0 saturated heterocycles. The van der Waals surface area contributed by atoms with E-state index < -0.39 is 10.0 Å². The SMILES string of the molecule is CS(=O)(=O)Nc1cc(-c2ccc3ncc(C#N)c(O)c3c2)cnc1Cl. The molecule has 0 aliphatic rings. The van der Waals surface area contributed by atoms with Gasteiger partial charge in [0.2, 0.25) is 10.0 Å². The van der Waals surface area contributed by atoms with Crippen molar-refractivity contribution in [2.75, 3.05) is 11.0 Å². The van der Waals surface area contributed by atoms with E-state index in [0.29, 0.717) is 22.0 Å². The van der Waals surface area contributed by atoms with Crippen LogP contribution in [0.5, 0.6) is 5.75 Å². The molecule has 3 rings (SSSR count). The van der Waals surface area contributed by atoms with E-state index in [1.165, 1.54) is 18.5 Å². The first-order valence-electron chi connectivity index (χ1n) is 6.94. The molecule has 0 atom stereocenters. The number of sulfonamides is 1. The average molecular weight is 375 g/mol. The van der Waals surface area contributed by atoms with Gasteiger partial charge in [0.25, 0.3) is 0 Å². The van der Waals surface area contributed by atoms with Crippen LogP contribution in [0.3, 0.4) is 0 Å². The van der Waals surface area contributed by atoms with Crippen LogP contribution in [0, 0.1) is 11.3 Å². The fraction of sp³-hybridized carbons (Fsp3) is 0.0625. The standard InChI is InChI=1S/C16H11ClN4O3S/c1-25(23,24)21-14-5-10(7-20-16(14)17)9-2-3-13-12(4-9)15(22)11(6-18)8-19-13/h2-5,7-8,21H,1H3,(H,19,22). The number of aromatic nitrogens is 2. The Kier molecular flexibility index (Phi) is 4.20. The van der Waals surface area contributed by atoms with Crippen molar-refractivity contribution in [3.05, 3.63) is 47.4 Å². The van der Waals surface area contributed by atoms with Gasteiger partial charge >= 0.3 is 0 Å². The van der Waals surface area contributed by atoms with Crippen LogP contribution >= 0.6 is 11.6 Å². The van der Waals surface area contributed by atoms with Crippen LogP contribution in [0.2, 0.25) is 5.15 Å². The summed E-state index contributed by atoms with van der Waals surface area (Å²) in [6.45, 7) is 0. The van der Waals surface area contributed by atoms with Crippen molar-refractivity contribution in [2.24, 2.45) is 0 Å². The molecule has 1 aromatic carbocycles. The van der Waals surface area contributed by atoms with Gasteiger partial charge in [-0.25, -0.2) is 13.4 Å². The van der Waals surface area contributed by atoms with Gasteiger partial charge in [0, 0.05) is 23.3 Å². The quantitative estimate of drug-likeness (QED) is 0.681. The zero-order valence-corrected chi connectivity index (χ0v) is 14.4. The molecule has 25 heavy (non-hydrogen) atoms. The van der Waals surface area contributed by atoms with E-state index in [-0.39, 0.29) is 22.2 Å². The van der Waals surface area contributed by atoms with E-state index in [1.807, 2.05) is 6.07 Å². The highest BCUT2D eigenvalue weighted by atomic mass is 35.5. The highest BCUT2D eigenvalue weighted by Crippen LogP contribution is 2.32. The summed E-state index contributed by atoms with van der Waals surface area (Å²) in [5.41, 5.74) is 1.98. The van der Waals surface area contributed by atoms with Crippen LogP contribution in [0.1, 0.15) is 5.56 Å². The summed E-state index contributed by atoms with van der Waals surface area (Å²) in [5.74, 6) is -0.161. The van der Waals surface area contributed by atoms with Crippen LogP contribution in [-0.2, 0) is 10.0 Å². The third-order valence-corrected chi connectivity index (χ3v) is 4.32. The van der Waals surface area contributed by atoms with Gasteiger partial charge < -0.3 is 5.11 Å². The molecule has 7 nitrogen and oxygen atoms in total. The van der Waals surface area contributed by atoms with E-state index in [4.69, 9.17) is 16.9 Å². The molecule has 0 amide bonds. The fourth-order valence-electron chi connectivity index (χ4n) is 2.32. The third-order valence-electron chi connectivity index (χ3n) is 3.43. The summed E-state index contributed by atoms with van der Waals surface area (Å²) in [4.78, 5) is 8.10. The summed E-state index contributed by atoms with van der Waals surface area (Å²) < 4.78 is 25.1. The molecular weight excluding hydrogens is 364 g/mol. The zero-order valence-electron chi connectivity index (χ0n) is 12.9. The highest BCUT2D eigenvalue weighted by Gasteiger charge is 2.12. The van der Waals surface area contributed by atoms with E-state index >= 15 is 0 Å². The zero-order chi connectivity index (χ0) is 18.2. The molecule has 0 saturated carbocycles. The molecule has 2 N–H and O–H groups in total. The molecule has 0 bridgehead atoms. The lowest BCUT2D eigenvalue weighted by Crippen LogP contribution is -2.10. The number of hydrogen-bond acceptors (Lipinski definition) is 6. The van der Waals surface area contributed by atoms with Gasteiger partial charge in [0.1, 0.15) is 17.4 Å². The van der Waals surface area contributed by atoms with Gasteiger partial charge in [-0.05, 0) is 23.8 Å². The van der Waals surface area contributed by atoms with E-state index in [1.54, 1.807) is 18.2 Å².